The quantitative estimate of drug-likeness (QED) is 0.311. The smallest absolute Gasteiger partial charge is 0.258 e. The van der Waals surface area contributed by atoms with Gasteiger partial charge in [0.1, 0.15) is 0 Å². The van der Waals surface area contributed by atoms with Crippen LogP contribution in [0.1, 0.15) is 41.7 Å². The number of carbonyl (C=O) groups excluding carboxylic acids is 1. The van der Waals surface area contributed by atoms with Gasteiger partial charge in [-0.25, -0.2) is 0 Å². The van der Waals surface area contributed by atoms with Crippen molar-refractivity contribution in [2.24, 2.45) is 0 Å². The van der Waals surface area contributed by atoms with E-state index >= 15 is 0 Å². The number of hydrogen-bond donors (Lipinski definition) is 0. The normalized spacial score (nSPS) is 18.4. The minimum Gasteiger partial charge on any atom is -0.339 e. The number of amides is 1. The maximum atomic E-state index is 13.4. The number of nitrogens with zero attached hydrogens (tertiary/aromatic N) is 3. The first kappa shape index (κ1) is 16.9. The largest absolute Gasteiger partial charge is 0.339 e. The lowest BCUT2D eigenvalue weighted by Gasteiger charge is -2.18. The lowest BCUT2D eigenvalue weighted by Crippen LogP contribution is -2.10. The molecule has 0 N–H and O–H groups in total. The van der Waals surface area contributed by atoms with Crippen molar-refractivity contribution >= 4 is 58.9 Å². The highest BCUT2D eigenvalue weighted by molar-refractivity contribution is 7.14. The van der Waals surface area contributed by atoms with E-state index in [0.29, 0.717) is 12.6 Å². The summed E-state index contributed by atoms with van der Waals surface area (Å²) in [5.74, 6) is 0.118. The van der Waals surface area contributed by atoms with Gasteiger partial charge >= 0.3 is 0 Å². The van der Waals surface area contributed by atoms with Crippen LogP contribution in [0, 0.1) is 0 Å². The molecular formula is C25H22N3OP. The molecule has 2 aliphatic rings. The Bertz CT molecular complexity index is 1560. The van der Waals surface area contributed by atoms with Crippen molar-refractivity contribution in [3.8, 4) is 0 Å². The molecule has 30 heavy (non-hydrogen) atoms. The molecule has 0 saturated heterocycles. The van der Waals surface area contributed by atoms with E-state index < -0.39 is 0 Å². The van der Waals surface area contributed by atoms with Gasteiger partial charge in [0.15, 0.2) is 0 Å². The van der Waals surface area contributed by atoms with Crippen LogP contribution in [0.4, 0.5) is 0 Å². The Kier molecular flexibility index (Phi) is 3.18. The minimum atomic E-state index is 0.118. The van der Waals surface area contributed by atoms with Gasteiger partial charge in [-0.2, -0.15) is 0 Å². The Morgan fingerprint density at radius 3 is 2.43 bits per heavy atom. The summed E-state index contributed by atoms with van der Waals surface area (Å²) < 4.78 is 6.87. The zero-order valence-corrected chi connectivity index (χ0v) is 18.0. The topological polar surface area (TPSA) is 30.2 Å². The van der Waals surface area contributed by atoms with Crippen molar-refractivity contribution in [2.75, 3.05) is 0 Å². The number of benzene rings is 3. The number of hydrogen-bond acceptors (Lipinski definition) is 1. The van der Waals surface area contributed by atoms with Gasteiger partial charge in [0.25, 0.3) is 5.91 Å². The van der Waals surface area contributed by atoms with Crippen molar-refractivity contribution in [3.05, 3.63) is 59.7 Å². The monoisotopic (exact) mass is 411 g/mol. The van der Waals surface area contributed by atoms with E-state index in [1.54, 1.807) is 4.67 Å². The fourth-order valence-corrected chi connectivity index (χ4v) is 6.38. The molecule has 0 fully saturated rings. The van der Waals surface area contributed by atoms with Crippen LogP contribution in [-0.4, -0.2) is 19.7 Å². The average Bonchev–Trinajstić information content (AvgIpc) is 3.33. The van der Waals surface area contributed by atoms with E-state index in [4.69, 9.17) is 0 Å². The SMILES string of the molecule is CCC1CCn2c3ccccc3c3c4c(c5c6ccccc6n1c5c32)CN(P)C4=O. The Morgan fingerprint density at radius 1 is 0.967 bits per heavy atom. The summed E-state index contributed by atoms with van der Waals surface area (Å²) in [6.45, 7) is 3.92. The third-order valence-corrected chi connectivity index (χ3v) is 7.70. The summed E-state index contributed by atoms with van der Waals surface area (Å²) in [6, 6.07) is 17.8. The van der Waals surface area contributed by atoms with Crippen LogP contribution in [0.3, 0.4) is 0 Å². The summed E-state index contributed by atoms with van der Waals surface area (Å²) in [5, 5.41) is 4.89. The number of fused-ring (bicyclic) bond motifs is 9. The van der Waals surface area contributed by atoms with E-state index in [1.165, 1.54) is 43.8 Å². The zero-order valence-electron chi connectivity index (χ0n) is 16.9. The summed E-state index contributed by atoms with van der Waals surface area (Å²) >= 11 is 0. The zero-order chi connectivity index (χ0) is 20.1. The number of para-hydroxylation sites is 2. The van der Waals surface area contributed by atoms with Crippen LogP contribution in [0.5, 0.6) is 0 Å². The van der Waals surface area contributed by atoms with Crippen LogP contribution in [-0.2, 0) is 13.1 Å². The number of carbonyl (C=O) groups is 1. The molecule has 4 heterocycles. The van der Waals surface area contributed by atoms with Crippen LogP contribution in [0.2, 0.25) is 0 Å². The molecule has 0 saturated carbocycles. The van der Waals surface area contributed by atoms with Crippen LogP contribution < -0.4 is 0 Å². The lowest BCUT2D eigenvalue weighted by molar-refractivity contribution is 0.0889. The molecule has 0 radical (unpaired) electrons. The standard InChI is InChI=1S/C25H22N3OP/c1-2-14-11-12-26-18-9-5-3-7-15(18)21-22-17(13-27(30)25(22)29)20-16-8-4-6-10-19(16)28(14)24(20)23(21)26/h3-10,14H,2,11-13,30H2,1H3. The van der Waals surface area contributed by atoms with Gasteiger partial charge in [-0.3, -0.25) is 4.79 Å². The van der Waals surface area contributed by atoms with Crippen LogP contribution in [0.15, 0.2) is 48.5 Å². The van der Waals surface area contributed by atoms with Gasteiger partial charge in [0.2, 0.25) is 0 Å². The predicted octanol–water partition coefficient (Wildman–Crippen LogP) is 6.00. The molecule has 4 nitrogen and oxygen atoms in total. The molecule has 2 aliphatic heterocycles. The second-order valence-electron chi connectivity index (χ2n) is 8.64. The second kappa shape index (κ2) is 5.65. The molecule has 3 aromatic carbocycles. The molecule has 2 aromatic heterocycles. The fourth-order valence-electron chi connectivity index (χ4n) is 6.07. The number of rotatable bonds is 1. The second-order valence-corrected chi connectivity index (χ2v) is 9.26. The maximum Gasteiger partial charge on any atom is 0.258 e. The first-order chi connectivity index (χ1) is 14.7. The Morgan fingerprint density at radius 2 is 1.67 bits per heavy atom. The molecule has 7 rings (SSSR count). The Balaban J connectivity index is 1.88. The van der Waals surface area contributed by atoms with Crippen molar-refractivity contribution in [2.45, 2.75) is 38.9 Å². The number of aromatic nitrogens is 2. The lowest BCUT2D eigenvalue weighted by atomic mass is 9.97. The van der Waals surface area contributed by atoms with E-state index in [1.807, 2.05) is 0 Å². The van der Waals surface area contributed by atoms with Gasteiger partial charge < -0.3 is 13.8 Å². The van der Waals surface area contributed by atoms with E-state index in [-0.39, 0.29) is 5.91 Å². The highest BCUT2D eigenvalue weighted by Crippen LogP contribution is 2.49. The number of aryl methyl sites for hydroxylation is 1. The van der Waals surface area contributed by atoms with Crippen molar-refractivity contribution in [1.82, 2.24) is 13.8 Å². The minimum absolute atomic E-state index is 0.118. The van der Waals surface area contributed by atoms with Crippen molar-refractivity contribution < 1.29 is 4.79 Å². The molecule has 0 aliphatic carbocycles. The highest BCUT2D eigenvalue weighted by atomic mass is 31.0. The molecular weight excluding hydrogens is 389 g/mol. The van der Waals surface area contributed by atoms with Crippen molar-refractivity contribution in [1.29, 1.82) is 0 Å². The Labute approximate surface area is 176 Å². The molecule has 1 amide bonds. The summed E-state index contributed by atoms with van der Waals surface area (Å²) in [7, 11) is 2.64. The van der Waals surface area contributed by atoms with E-state index in [9.17, 15) is 4.79 Å². The Hall–Kier alpha value is -2.84. The maximum absolute atomic E-state index is 13.4. The van der Waals surface area contributed by atoms with Gasteiger partial charge in [-0.1, -0.05) is 43.3 Å². The van der Waals surface area contributed by atoms with Gasteiger partial charge in [0, 0.05) is 45.2 Å². The molecule has 5 aromatic rings. The van der Waals surface area contributed by atoms with Gasteiger partial charge in [0.05, 0.1) is 23.1 Å². The van der Waals surface area contributed by atoms with Gasteiger partial charge in [-0.05, 0) is 39.9 Å². The van der Waals surface area contributed by atoms with E-state index in [2.05, 4.69) is 74.0 Å². The average molecular weight is 411 g/mol. The fraction of sp³-hybridized carbons (Fsp3) is 0.240. The van der Waals surface area contributed by atoms with E-state index in [0.717, 1.165) is 30.3 Å². The highest BCUT2D eigenvalue weighted by Gasteiger charge is 2.36. The molecule has 2 unspecified atom stereocenters. The first-order valence-corrected chi connectivity index (χ1v) is 11.3. The van der Waals surface area contributed by atoms with Crippen LogP contribution >= 0.6 is 9.39 Å². The molecule has 0 bridgehead atoms. The summed E-state index contributed by atoms with van der Waals surface area (Å²) in [5.41, 5.74) is 7.19. The van der Waals surface area contributed by atoms with Crippen LogP contribution in [0.25, 0.3) is 43.6 Å². The molecule has 2 atom stereocenters. The van der Waals surface area contributed by atoms with Crippen molar-refractivity contribution in [3.63, 3.8) is 0 Å². The third kappa shape index (κ3) is 1.81. The summed E-state index contributed by atoms with van der Waals surface area (Å²) in [4.78, 5) is 13.4. The predicted molar refractivity (Wildman–Crippen MR) is 126 cm³/mol. The third-order valence-electron chi connectivity index (χ3n) is 7.28. The van der Waals surface area contributed by atoms with Gasteiger partial charge in [-0.15, -0.1) is 0 Å². The first-order valence-electron chi connectivity index (χ1n) is 10.8. The molecule has 0 spiro atoms. The molecule has 148 valence electrons. The molecule has 5 heteroatoms. The summed E-state index contributed by atoms with van der Waals surface area (Å²) in [6.07, 6.45) is 2.20.